The third kappa shape index (κ3) is 6.14. The largest absolute Gasteiger partial charge is 0.507 e. The number of phenols is 1. The van der Waals surface area contributed by atoms with E-state index in [1.54, 1.807) is 50.2 Å². The Morgan fingerprint density at radius 2 is 1.74 bits per heavy atom. The molecule has 142 valence electrons. The van der Waals surface area contributed by atoms with E-state index in [0.29, 0.717) is 18.0 Å². The second kappa shape index (κ2) is 9.38. The molecule has 0 aliphatic carbocycles. The molecule has 0 aliphatic rings. The quantitative estimate of drug-likeness (QED) is 0.397. The molecule has 0 radical (unpaired) electrons. The summed E-state index contributed by atoms with van der Waals surface area (Å²) < 4.78 is 5.33. The number of nitrogens with one attached hydrogen (secondary N) is 2. The number of benzene rings is 2. The summed E-state index contributed by atoms with van der Waals surface area (Å²) in [4.78, 5) is 23.7. The summed E-state index contributed by atoms with van der Waals surface area (Å²) in [5.74, 6) is -0.0190. The summed E-state index contributed by atoms with van der Waals surface area (Å²) in [7, 11) is 0. The summed E-state index contributed by atoms with van der Waals surface area (Å²) in [6, 6.07) is 10.4. The maximum Gasteiger partial charge on any atom is 0.249 e. The van der Waals surface area contributed by atoms with E-state index in [0.717, 1.165) is 16.7 Å². The zero-order chi connectivity index (χ0) is 19.8. The van der Waals surface area contributed by atoms with Gasteiger partial charge >= 0.3 is 0 Å². The number of anilines is 1. The van der Waals surface area contributed by atoms with Gasteiger partial charge in [-0.05, 0) is 73.9 Å². The molecule has 0 atom stereocenters. The van der Waals surface area contributed by atoms with Crippen molar-refractivity contribution in [3.8, 4) is 11.5 Å². The fourth-order valence-corrected chi connectivity index (χ4v) is 2.43. The second-order valence-electron chi connectivity index (χ2n) is 5.98. The molecular formula is C20H23N3O4. The van der Waals surface area contributed by atoms with Crippen LogP contribution in [0.25, 0.3) is 0 Å². The molecule has 2 aromatic rings. The summed E-state index contributed by atoms with van der Waals surface area (Å²) in [5.41, 5.74) is 5.07. The van der Waals surface area contributed by atoms with Gasteiger partial charge in [0, 0.05) is 5.69 Å². The molecular weight excluding hydrogens is 346 g/mol. The van der Waals surface area contributed by atoms with E-state index in [9.17, 15) is 14.7 Å². The lowest BCUT2D eigenvalue weighted by molar-refractivity contribution is -0.126. The number of hydrogen-bond donors (Lipinski definition) is 3. The number of amides is 2. The fourth-order valence-electron chi connectivity index (χ4n) is 2.43. The minimum atomic E-state index is -0.526. The SMILES string of the molecule is CCOc1ccc(NC(=O)CC(=O)NN=Cc2cc(C)c(O)c(C)c2)cc1. The van der Waals surface area contributed by atoms with Crippen LogP contribution < -0.4 is 15.5 Å². The van der Waals surface area contributed by atoms with Crippen molar-refractivity contribution in [2.24, 2.45) is 5.10 Å². The molecule has 2 amide bonds. The van der Waals surface area contributed by atoms with Crippen LogP contribution in [0.2, 0.25) is 0 Å². The van der Waals surface area contributed by atoms with Gasteiger partial charge in [0.15, 0.2) is 0 Å². The fraction of sp³-hybridized carbons (Fsp3) is 0.250. The van der Waals surface area contributed by atoms with E-state index in [-0.39, 0.29) is 12.2 Å². The van der Waals surface area contributed by atoms with Crippen LogP contribution in [0.15, 0.2) is 41.5 Å². The lowest BCUT2D eigenvalue weighted by Gasteiger charge is -2.07. The van der Waals surface area contributed by atoms with Crippen molar-refractivity contribution in [1.82, 2.24) is 5.43 Å². The minimum absolute atomic E-state index is 0.238. The van der Waals surface area contributed by atoms with Gasteiger partial charge in [0.1, 0.15) is 17.9 Å². The second-order valence-corrected chi connectivity index (χ2v) is 5.98. The van der Waals surface area contributed by atoms with Crippen molar-refractivity contribution < 1.29 is 19.4 Å². The molecule has 0 fully saturated rings. The van der Waals surface area contributed by atoms with Gasteiger partial charge in [-0.3, -0.25) is 9.59 Å². The zero-order valence-corrected chi connectivity index (χ0v) is 15.6. The Balaban J connectivity index is 1.83. The van der Waals surface area contributed by atoms with Crippen LogP contribution >= 0.6 is 0 Å². The van der Waals surface area contributed by atoms with E-state index in [4.69, 9.17) is 4.74 Å². The monoisotopic (exact) mass is 369 g/mol. The molecule has 3 N–H and O–H groups in total. The number of aryl methyl sites for hydroxylation is 2. The van der Waals surface area contributed by atoms with Gasteiger partial charge in [-0.1, -0.05) is 0 Å². The lowest BCUT2D eigenvalue weighted by atomic mass is 10.1. The van der Waals surface area contributed by atoms with Gasteiger partial charge in [-0.2, -0.15) is 5.10 Å². The number of nitrogens with zero attached hydrogens (tertiary/aromatic N) is 1. The zero-order valence-electron chi connectivity index (χ0n) is 15.6. The number of carbonyl (C=O) groups excluding carboxylic acids is 2. The highest BCUT2D eigenvalue weighted by Gasteiger charge is 2.09. The van der Waals surface area contributed by atoms with E-state index >= 15 is 0 Å². The maximum atomic E-state index is 11.9. The summed E-state index contributed by atoms with van der Waals surface area (Å²) in [6.45, 7) is 6.02. The highest BCUT2D eigenvalue weighted by Crippen LogP contribution is 2.22. The minimum Gasteiger partial charge on any atom is -0.507 e. The molecule has 0 spiro atoms. The van der Waals surface area contributed by atoms with Crippen LogP contribution in [0.4, 0.5) is 5.69 Å². The third-order valence-corrected chi connectivity index (χ3v) is 3.69. The van der Waals surface area contributed by atoms with E-state index in [1.165, 1.54) is 6.21 Å². The number of hydrogen-bond acceptors (Lipinski definition) is 5. The lowest BCUT2D eigenvalue weighted by Crippen LogP contribution is -2.24. The predicted molar refractivity (Wildman–Crippen MR) is 104 cm³/mol. The topological polar surface area (TPSA) is 100 Å². The first kappa shape index (κ1) is 20.0. The number of ether oxygens (including phenoxy) is 1. The average molecular weight is 369 g/mol. The van der Waals surface area contributed by atoms with Gasteiger partial charge in [0.2, 0.25) is 11.8 Å². The van der Waals surface area contributed by atoms with E-state index in [2.05, 4.69) is 15.8 Å². The van der Waals surface area contributed by atoms with E-state index in [1.807, 2.05) is 6.92 Å². The summed E-state index contributed by atoms with van der Waals surface area (Å²) >= 11 is 0. The number of carbonyl (C=O) groups is 2. The summed E-state index contributed by atoms with van der Waals surface area (Å²) in [5, 5.41) is 16.2. The Morgan fingerprint density at radius 3 is 2.33 bits per heavy atom. The molecule has 27 heavy (non-hydrogen) atoms. The molecule has 0 saturated carbocycles. The molecule has 0 heterocycles. The van der Waals surface area contributed by atoms with Crippen molar-refractivity contribution in [2.45, 2.75) is 27.2 Å². The average Bonchev–Trinajstić information content (AvgIpc) is 2.61. The molecule has 0 aromatic heterocycles. The molecule has 2 aromatic carbocycles. The van der Waals surface area contributed by atoms with Crippen LogP contribution in [0.3, 0.4) is 0 Å². The Bertz CT molecular complexity index is 822. The maximum absolute atomic E-state index is 11.9. The predicted octanol–water partition coefficient (Wildman–Crippen LogP) is 2.89. The molecule has 0 bridgehead atoms. The number of phenolic OH excluding ortho intramolecular Hbond substituents is 1. The van der Waals surface area contributed by atoms with Gasteiger partial charge in [0.25, 0.3) is 0 Å². The van der Waals surface area contributed by atoms with Crippen LogP contribution in [0.5, 0.6) is 11.5 Å². The number of rotatable bonds is 7. The van der Waals surface area contributed by atoms with Crippen LogP contribution in [0, 0.1) is 13.8 Å². The molecule has 0 aliphatic heterocycles. The normalized spacial score (nSPS) is 10.6. The third-order valence-electron chi connectivity index (χ3n) is 3.69. The van der Waals surface area contributed by atoms with Gasteiger partial charge in [-0.25, -0.2) is 5.43 Å². The molecule has 7 heteroatoms. The van der Waals surface area contributed by atoms with Crippen LogP contribution in [-0.4, -0.2) is 29.7 Å². The van der Waals surface area contributed by atoms with Gasteiger partial charge < -0.3 is 15.2 Å². The van der Waals surface area contributed by atoms with Crippen molar-refractivity contribution >= 4 is 23.7 Å². The van der Waals surface area contributed by atoms with Gasteiger partial charge in [-0.15, -0.1) is 0 Å². The van der Waals surface area contributed by atoms with Crippen LogP contribution in [0.1, 0.15) is 30.0 Å². The first-order valence-corrected chi connectivity index (χ1v) is 8.54. The highest BCUT2D eigenvalue weighted by atomic mass is 16.5. The van der Waals surface area contributed by atoms with Crippen molar-refractivity contribution in [3.63, 3.8) is 0 Å². The van der Waals surface area contributed by atoms with Gasteiger partial charge in [0.05, 0.1) is 12.8 Å². The molecule has 0 saturated heterocycles. The van der Waals surface area contributed by atoms with Crippen molar-refractivity contribution in [2.75, 3.05) is 11.9 Å². The standard InChI is InChI=1S/C20H23N3O4/c1-4-27-17-7-5-16(6-8-17)22-18(24)11-19(25)23-21-12-15-9-13(2)20(26)14(3)10-15/h5-10,12,26H,4,11H2,1-3H3,(H,22,24)(H,23,25). The summed E-state index contributed by atoms with van der Waals surface area (Å²) in [6.07, 6.45) is 1.11. The Kier molecular flexibility index (Phi) is 6.93. The first-order chi connectivity index (χ1) is 12.9. The highest BCUT2D eigenvalue weighted by molar-refractivity contribution is 6.03. The Labute approximate surface area is 158 Å². The molecule has 0 unspecified atom stereocenters. The molecule has 2 rings (SSSR count). The van der Waals surface area contributed by atoms with E-state index < -0.39 is 11.8 Å². The number of hydrazone groups is 1. The van der Waals surface area contributed by atoms with Crippen molar-refractivity contribution in [1.29, 1.82) is 0 Å². The number of aromatic hydroxyl groups is 1. The van der Waals surface area contributed by atoms with Crippen LogP contribution in [-0.2, 0) is 9.59 Å². The Hall–Kier alpha value is -3.35. The van der Waals surface area contributed by atoms with Crippen molar-refractivity contribution in [3.05, 3.63) is 53.1 Å². The Morgan fingerprint density at radius 1 is 1.11 bits per heavy atom. The first-order valence-electron chi connectivity index (χ1n) is 8.54. The smallest absolute Gasteiger partial charge is 0.249 e. The molecule has 7 nitrogen and oxygen atoms in total.